The average Bonchev–Trinajstić information content (AvgIpc) is 2.81. The lowest BCUT2D eigenvalue weighted by molar-refractivity contribution is 0.102. The molecule has 1 saturated carbocycles. The fraction of sp³-hybridized carbons (Fsp3) is 0.786. The molecular formula is C14H26N4. The number of rotatable bonds is 5. The first-order valence-corrected chi connectivity index (χ1v) is 7.16. The van der Waals surface area contributed by atoms with Crippen LogP contribution in [0, 0.1) is 5.92 Å². The molecule has 2 rings (SSSR count). The predicted molar refractivity (Wildman–Crippen MR) is 74.1 cm³/mol. The molecule has 4 heteroatoms. The van der Waals surface area contributed by atoms with E-state index in [0.717, 1.165) is 25.5 Å². The molecule has 1 aromatic rings. The number of hydrogen-bond donors (Lipinski definition) is 1. The van der Waals surface area contributed by atoms with Crippen molar-refractivity contribution < 1.29 is 0 Å². The molecular weight excluding hydrogens is 224 g/mol. The third kappa shape index (κ3) is 2.93. The van der Waals surface area contributed by atoms with Crippen LogP contribution in [0.4, 0.5) is 0 Å². The summed E-state index contributed by atoms with van der Waals surface area (Å²) in [5.41, 5.74) is 5.94. The number of hydrogen-bond acceptors (Lipinski definition) is 3. The van der Waals surface area contributed by atoms with E-state index in [-0.39, 0.29) is 0 Å². The van der Waals surface area contributed by atoms with E-state index >= 15 is 0 Å². The molecule has 0 spiro atoms. The number of nitrogens with zero attached hydrogens (tertiary/aromatic N) is 3. The molecule has 0 amide bonds. The van der Waals surface area contributed by atoms with Crippen LogP contribution in [0.15, 0.2) is 12.4 Å². The predicted octanol–water partition coefficient (Wildman–Crippen LogP) is 1.76. The van der Waals surface area contributed by atoms with Crippen molar-refractivity contribution in [2.75, 3.05) is 13.1 Å². The Bertz CT molecular complexity index is 360. The van der Waals surface area contributed by atoms with Gasteiger partial charge in [0.25, 0.3) is 0 Å². The van der Waals surface area contributed by atoms with E-state index in [9.17, 15) is 0 Å². The lowest BCUT2D eigenvalue weighted by Crippen LogP contribution is -2.45. The maximum absolute atomic E-state index is 5.94. The summed E-state index contributed by atoms with van der Waals surface area (Å²) in [6, 6.07) is 0.644. The monoisotopic (exact) mass is 250 g/mol. The van der Waals surface area contributed by atoms with Gasteiger partial charge in [-0.15, -0.1) is 0 Å². The van der Waals surface area contributed by atoms with Crippen molar-refractivity contribution >= 4 is 0 Å². The number of nitrogens with two attached hydrogens (primary N) is 1. The fourth-order valence-electron chi connectivity index (χ4n) is 3.14. The topological polar surface area (TPSA) is 47.1 Å². The summed E-state index contributed by atoms with van der Waals surface area (Å²) < 4.78 is 2.11. The van der Waals surface area contributed by atoms with E-state index in [1.807, 2.05) is 12.4 Å². The molecule has 4 nitrogen and oxygen atoms in total. The fourth-order valence-corrected chi connectivity index (χ4v) is 3.14. The van der Waals surface area contributed by atoms with Crippen LogP contribution < -0.4 is 5.73 Å². The van der Waals surface area contributed by atoms with Gasteiger partial charge in [-0.25, -0.2) is 4.98 Å². The molecule has 0 aromatic carbocycles. The van der Waals surface area contributed by atoms with Crippen molar-refractivity contribution in [1.82, 2.24) is 14.5 Å². The van der Waals surface area contributed by atoms with Crippen LogP contribution in [0.25, 0.3) is 0 Å². The standard InChI is InChI=1S/C14H26N4/c1-3-18(11-14-16-8-9-17(14)2)13-7-5-4-6-12(13)10-15/h8-9,12-13H,3-7,10-11,15H2,1-2H3. The second-order valence-electron chi connectivity index (χ2n) is 5.37. The summed E-state index contributed by atoms with van der Waals surface area (Å²) in [4.78, 5) is 6.99. The van der Waals surface area contributed by atoms with E-state index in [4.69, 9.17) is 5.73 Å². The maximum atomic E-state index is 5.94. The number of aryl methyl sites for hydroxylation is 1. The Balaban J connectivity index is 2.05. The molecule has 1 fully saturated rings. The first-order chi connectivity index (χ1) is 8.76. The molecule has 2 unspecified atom stereocenters. The zero-order valence-electron chi connectivity index (χ0n) is 11.7. The van der Waals surface area contributed by atoms with Crippen LogP contribution in [0.5, 0.6) is 0 Å². The molecule has 0 saturated heterocycles. The summed E-state index contributed by atoms with van der Waals surface area (Å²) in [5.74, 6) is 1.82. The van der Waals surface area contributed by atoms with Gasteiger partial charge in [0.15, 0.2) is 0 Å². The quantitative estimate of drug-likeness (QED) is 0.866. The molecule has 102 valence electrons. The highest BCUT2D eigenvalue weighted by Crippen LogP contribution is 2.28. The lowest BCUT2D eigenvalue weighted by Gasteiger charge is -2.39. The molecule has 1 aliphatic rings. The van der Waals surface area contributed by atoms with Crippen LogP contribution in [0.1, 0.15) is 38.4 Å². The van der Waals surface area contributed by atoms with Gasteiger partial charge in [-0.2, -0.15) is 0 Å². The smallest absolute Gasteiger partial charge is 0.122 e. The largest absolute Gasteiger partial charge is 0.337 e. The molecule has 2 atom stereocenters. The molecule has 18 heavy (non-hydrogen) atoms. The third-order valence-corrected chi connectivity index (χ3v) is 4.31. The molecule has 1 heterocycles. The molecule has 1 aliphatic carbocycles. The second kappa shape index (κ2) is 6.34. The Labute approximate surface area is 110 Å². The summed E-state index contributed by atoms with van der Waals surface area (Å²) >= 11 is 0. The van der Waals surface area contributed by atoms with Crippen LogP contribution in [-0.2, 0) is 13.6 Å². The van der Waals surface area contributed by atoms with Gasteiger partial charge >= 0.3 is 0 Å². The van der Waals surface area contributed by atoms with Crippen molar-refractivity contribution in [1.29, 1.82) is 0 Å². The highest BCUT2D eigenvalue weighted by Gasteiger charge is 2.28. The van der Waals surface area contributed by atoms with E-state index < -0.39 is 0 Å². The first-order valence-electron chi connectivity index (χ1n) is 7.16. The highest BCUT2D eigenvalue weighted by molar-refractivity contribution is 4.93. The molecule has 0 radical (unpaired) electrons. The van der Waals surface area contributed by atoms with Crippen molar-refractivity contribution in [2.45, 2.75) is 45.2 Å². The Hall–Kier alpha value is -0.870. The third-order valence-electron chi connectivity index (χ3n) is 4.31. The van der Waals surface area contributed by atoms with Crippen LogP contribution >= 0.6 is 0 Å². The Morgan fingerprint density at radius 2 is 2.22 bits per heavy atom. The van der Waals surface area contributed by atoms with E-state index in [1.54, 1.807) is 0 Å². The first kappa shape index (κ1) is 13.6. The van der Waals surface area contributed by atoms with Gasteiger partial charge in [-0.1, -0.05) is 19.8 Å². The van der Waals surface area contributed by atoms with E-state index in [2.05, 4.69) is 28.4 Å². The Kier molecular flexibility index (Phi) is 4.78. The van der Waals surface area contributed by atoms with Crippen LogP contribution in [0.2, 0.25) is 0 Å². The van der Waals surface area contributed by atoms with Gasteiger partial charge < -0.3 is 10.3 Å². The Morgan fingerprint density at radius 1 is 1.44 bits per heavy atom. The van der Waals surface area contributed by atoms with Crippen molar-refractivity contribution in [3.63, 3.8) is 0 Å². The van der Waals surface area contributed by atoms with Gasteiger partial charge in [0, 0.05) is 25.5 Å². The van der Waals surface area contributed by atoms with Gasteiger partial charge in [0.1, 0.15) is 5.82 Å². The minimum atomic E-state index is 0.644. The Morgan fingerprint density at radius 3 is 2.83 bits per heavy atom. The van der Waals surface area contributed by atoms with Gasteiger partial charge in [-0.3, -0.25) is 4.90 Å². The minimum absolute atomic E-state index is 0.644. The summed E-state index contributed by atoms with van der Waals surface area (Å²) in [6.07, 6.45) is 9.17. The number of imidazole rings is 1. The molecule has 1 aromatic heterocycles. The van der Waals surface area contributed by atoms with Crippen molar-refractivity contribution in [3.8, 4) is 0 Å². The molecule has 0 aliphatic heterocycles. The van der Waals surface area contributed by atoms with Gasteiger partial charge in [-0.05, 0) is 31.8 Å². The normalized spacial score (nSPS) is 24.7. The highest BCUT2D eigenvalue weighted by atomic mass is 15.2. The van der Waals surface area contributed by atoms with Gasteiger partial charge in [0.2, 0.25) is 0 Å². The van der Waals surface area contributed by atoms with Crippen molar-refractivity contribution in [3.05, 3.63) is 18.2 Å². The van der Waals surface area contributed by atoms with Crippen LogP contribution in [0.3, 0.4) is 0 Å². The number of aromatic nitrogens is 2. The summed E-state index contributed by atoms with van der Waals surface area (Å²) in [5, 5.41) is 0. The SMILES string of the molecule is CCN(Cc1nccn1C)C1CCCCC1CN. The summed E-state index contributed by atoms with van der Waals surface area (Å²) in [7, 11) is 2.07. The van der Waals surface area contributed by atoms with E-state index in [0.29, 0.717) is 12.0 Å². The lowest BCUT2D eigenvalue weighted by atomic mass is 9.83. The average molecular weight is 250 g/mol. The van der Waals surface area contributed by atoms with Crippen LogP contribution in [-0.4, -0.2) is 33.6 Å². The zero-order chi connectivity index (χ0) is 13.0. The molecule has 2 N–H and O–H groups in total. The van der Waals surface area contributed by atoms with Gasteiger partial charge in [0.05, 0.1) is 6.54 Å². The van der Waals surface area contributed by atoms with E-state index in [1.165, 1.54) is 25.7 Å². The second-order valence-corrected chi connectivity index (χ2v) is 5.37. The summed E-state index contributed by atoms with van der Waals surface area (Å²) in [6.45, 7) is 5.09. The maximum Gasteiger partial charge on any atom is 0.122 e. The minimum Gasteiger partial charge on any atom is -0.337 e. The molecule has 0 bridgehead atoms. The zero-order valence-corrected chi connectivity index (χ0v) is 11.7. The van der Waals surface area contributed by atoms with Crippen molar-refractivity contribution in [2.24, 2.45) is 18.7 Å².